The summed E-state index contributed by atoms with van der Waals surface area (Å²) in [6, 6.07) is 10.3. The lowest BCUT2D eigenvalue weighted by atomic mass is 10.2. The van der Waals surface area contributed by atoms with Gasteiger partial charge in [0.2, 0.25) is 5.91 Å². The maximum absolute atomic E-state index is 13.1. The lowest BCUT2D eigenvalue weighted by molar-refractivity contribution is -0.115. The number of carbonyl (C=O) groups is 2. The van der Waals surface area contributed by atoms with Crippen LogP contribution in [0.5, 0.6) is 11.5 Å². The Bertz CT molecular complexity index is 868. The quantitative estimate of drug-likeness (QED) is 0.577. The number of hydrogen-bond donors (Lipinski definition) is 2. The van der Waals surface area contributed by atoms with E-state index in [0.29, 0.717) is 22.9 Å². The smallest absolute Gasteiger partial charge is 0.275 e. The van der Waals surface area contributed by atoms with E-state index in [1.165, 1.54) is 32.4 Å². The van der Waals surface area contributed by atoms with Gasteiger partial charge in [-0.25, -0.2) is 9.82 Å². The van der Waals surface area contributed by atoms with E-state index >= 15 is 0 Å². The highest BCUT2D eigenvalue weighted by Gasteiger charge is 2.13. The molecule has 0 bridgehead atoms. The van der Waals surface area contributed by atoms with Crippen molar-refractivity contribution >= 4 is 23.2 Å². The zero-order chi connectivity index (χ0) is 19.8. The molecule has 0 aliphatic rings. The molecule has 0 radical (unpaired) electrons. The zero-order valence-corrected chi connectivity index (χ0v) is 15.2. The fourth-order valence-electron chi connectivity index (χ4n) is 2.24. The summed E-state index contributed by atoms with van der Waals surface area (Å²) in [5, 5.41) is 6.47. The molecule has 142 valence electrons. The molecule has 0 atom stereocenters. The highest BCUT2D eigenvalue weighted by molar-refractivity contribution is 6.06. The Morgan fingerprint density at radius 3 is 2.56 bits per heavy atom. The van der Waals surface area contributed by atoms with Crippen LogP contribution in [0.4, 0.5) is 10.1 Å². The van der Waals surface area contributed by atoms with Crippen LogP contribution in [0.1, 0.15) is 23.7 Å². The molecule has 2 rings (SSSR count). The molecule has 0 aliphatic heterocycles. The molecule has 0 spiro atoms. The largest absolute Gasteiger partial charge is 0.497 e. The highest BCUT2D eigenvalue weighted by Crippen LogP contribution is 2.24. The highest BCUT2D eigenvalue weighted by atomic mass is 19.1. The predicted molar refractivity (Wildman–Crippen MR) is 99.8 cm³/mol. The predicted octanol–water partition coefficient (Wildman–Crippen LogP) is 2.98. The van der Waals surface area contributed by atoms with E-state index < -0.39 is 11.7 Å². The van der Waals surface area contributed by atoms with Crippen molar-refractivity contribution in [2.45, 2.75) is 13.3 Å². The maximum atomic E-state index is 13.1. The summed E-state index contributed by atoms with van der Waals surface area (Å²) in [6.45, 7) is 1.59. The number of methoxy groups -OCH3 is 2. The molecule has 8 heteroatoms. The third-order valence-electron chi connectivity index (χ3n) is 3.53. The second kappa shape index (κ2) is 9.33. The van der Waals surface area contributed by atoms with E-state index in [1.54, 1.807) is 31.2 Å². The minimum absolute atomic E-state index is 0.0590. The van der Waals surface area contributed by atoms with Gasteiger partial charge in [0.1, 0.15) is 17.3 Å². The van der Waals surface area contributed by atoms with Crippen LogP contribution in [0.15, 0.2) is 47.6 Å². The van der Waals surface area contributed by atoms with Gasteiger partial charge >= 0.3 is 0 Å². The molecule has 2 amide bonds. The number of hydrazone groups is 1. The maximum Gasteiger partial charge on any atom is 0.275 e. The molecule has 2 N–H and O–H groups in total. The van der Waals surface area contributed by atoms with E-state index in [9.17, 15) is 14.0 Å². The van der Waals surface area contributed by atoms with Crippen LogP contribution in [0.2, 0.25) is 0 Å². The van der Waals surface area contributed by atoms with Crippen LogP contribution < -0.4 is 20.2 Å². The molecule has 2 aromatic carbocycles. The van der Waals surface area contributed by atoms with Gasteiger partial charge in [-0.05, 0) is 37.3 Å². The van der Waals surface area contributed by atoms with Crippen molar-refractivity contribution < 1.29 is 23.5 Å². The van der Waals surface area contributed by atoms with Gasteiger partial charge in [0.25, 0.3) is 5.91 Å². The lowest BCUT2D eigenvalue weighted by Gasteiger charge is -2.09. The van der Waals surface area contributed by atoms with Gasteiger partial charge < -0.3 is 14.8 Å². The molecule has 0 aromatic heterocycles. The first-order valence-corrected chi connectivity index (χ1v) is 8.04. The number of rotatable bonds is 7. The number of carbonyl (C=O) groups excluding carboxylic acids is 2. The van der Waals surface area contributed by atoms with E-state index in [2.05, 4.69) is 15.8 Å². The van der Waals surface area contributed by atoms with Crippen molar-refractivity contribution in [1.82, 2.24) is 5.43 Å². The Kier molecular flexibility index (Phi) is 6.87. The van der Waals surface area contributed by atoms with Crippen molar-refractivity contribution in [3.8, 4) is 11.5 Å². The Balaban J connectivity index is 1.96. The monoisotopic (exact) mass is 373 g/mol. The van der Waals surface area contributed by atoms with E-state index in [0.717, 1.165) is 0 Å². The fourth-order valence-corrected chi connectivity index (χ4v) is 2.24. The lowest BCUT2D eigenvalue weighted by Crippen LogP contribution is -2.22. The molecule has 0 aliphatic carbocycles. The van der Waals surface area contributed by atoms with Gasteiger partial charge in [-0.2, -0.15) is 5.10 Å². The summed E-state index contributed by atoms with van der Waals surface area (Å²) in [6.07, 6.45) is -0.0590. The molecule has 7 nitrogen and oxygen atoms in total. The van der Waals surface area contributed by atoms with Crippen LogP contribution in [-0.2, 0) is 4.79 Å². The topological polar surface area (TPSA) is 89.0 Å². The van der Waals surface area contributed by atoms with E-state index in [1.807, 2.05) is 0 Å². The number of nitrogens with one attached hydrogen (secondary N) is 2. The first-order chi connectivity index (χ1) is 12.9. The van der Waals surface area contributed by atoms with E-state index in [-0.39, 0.29) is 17.9 Å². The van der Waals surface area contributed by atoms with Gasteiger partial charge in [-0.15, -0.1) is 0 Å². The van der Waals surface area contributed by atoms with Crippen LogP contribution in [0.25, 0.3) is 0 Å². The molecular weight excluding hydrogens is 353 g/mol. The summed E-state index contributed by atoms with van der Waals surface area (Å²) in [7, 11) is 2.95. The summed E-state index contributed by atoms with van der Waals surface area (Å²) in [5.74, 6) is -0.419. The number of anilines is 1. The third kappa shape index (κ3) is 5.81. The van der Waals surface area contributed by atoms with Gasteiger partial charge in [-0.1, -0.05) is 6.07 Å². The van der Waals surface area contributed by atoms with Crippen LogP contribution in [0, 0.1) is 5.82 Å². The number of halogens is 1. The number of benzene rings is 2. The van der Waals surface area contributed by atoms with Crippen molar-refractivity contribution in [1.29, 1.82) is 0 Å². The van der Waals surface area contributed by atoms with E-state index in [4.69, 9.17) is 9.47 Å². The normalized spacial score (nSPS) is 10.9. The molecule has 0 unspecified atom stereocenters. The van der Waals surface area contributed by atoms with Crippen molar-refractivity contribution in [3.63, 3.8) is 0 Å². The zero-order valence-electron chi connectivity index (χ0n) is 15.2. The van der Waals surface area contributed by atoms with Gasteiger partial charge in [0.15, 0.2) is 0 Å². The Morgan fingerprint density at radius 2 is 1.89 bits per heavy atom. The minimum atomic E-state index is -0.487. The first kappa shape index (κ1) is 19.9. The number of nitrogens with zero attached hydrogens (tertiary/aromatic N) is 1. The molecule has 0 heterocycles. The molecule has 0 fully saturated rings. The second-order valence-corrected chi connectivity index (χ2v) is 5.59. The van der Waals surface area contributed by atoms with Crippen molar-refractivity contribution in [3.05, 3.63) is 53.8 Å². The number of ether oxygens (including phenoxy) is 2. The van der Waals surface area contributed by atoms with Crippen LogP contribution in [0.3, 0.4) is 0 Å². The fraction of sp³-hybridized carbons (Fsp3) is 0.211. The van der Waals surface area contributed by atoms with Crippen LogP contribution in [-0.4, -0.2) is 31.7 Å². The SMILES string of the molecule is COc1ccc(C(=O)N/N=C(/C)CC(=O)Nc2cccc(F)c2)c(OC)c1. The average molecular weight is 373 g/mol. The second-order valence-electron chi connectivity index (χ2n) is 5.59. The van der Waals surface area contributed by atoms with Gasteiger partial charge in [0, 0.05) is 17.5 Å². The van der Waals surface area contributed by atoms with Gasteiger partial charge in [-0.3, -0.25) is 9.59 Å². The van der Waals surface area contributed by atoms with Crippen LogP contribution >= 0.6 is 0 Å². The van der Waals surface area contributed by atoms with Gasteiger partial charge in [0.05, 0.1) is 26.2 Å². The average Bonchev–Trinajstić information content (AvgIpc) is 2.65. The Morgan fingerprint density at radius 1 is 1.11 bits per heavy atom. The molecule has 2 aromatic rings. The Hall–Kier alpha value is -3.42. The number of hydrogen-bond acceptors (Lipinski definition) is 5. The molecule has 0 saturated heterocycles. The summed E-state index contributed by atoms with van der Waals surface area (Å²) >= 11 is 0. The summed E-state index contributed by atoms with van der Waals surface area (Å²) in [5.41, 5.74) is 3.38. The Labute approximate surface area is 156 Å². The van der Waals surface area contributed by atoms with Crippen molar-refractivity contribution in [2.75, 3.05) is 19.5 Å². The summed E-state index contributed by atoms with van der Waals surface area (Å²) < 4.78 is 23.4. The first-order valence-electron chi connectivity index (χ1n) is 8.04. The molecule has 0 saturated carbocycles. The number of amides is 2. The van der Waals surface area contributed by atoms with Crippen molar-refractivity contribution in [2.24, 2.45) is 5.10 Å². The summed E-state index contributed by atoms with van der Waals surface area (Å²) in [4.78, 5) is 24.2. The molecule has 27 heavy (non-hydrogen) atoms. The minimum Gasteiger partial charge on any atom is -0.497 e. The molecular formula is C19H20FN3O4. The third-order valence-corrected chi connectivity index (χ3v) is 3.53. The standard InChI is InChI=1S/C19H20FN3O4/c1-12(9-18(24)21-14-6-4-5-13(20)10-14)22-23-19(25)16-8-7-15(26-2)11-17(16)27-3/h4-8,10-11H,9H2,1-3H3,(H,21,24)(H,23,25)/b22-12-.